The molecule has 45 heavy (non-hydrogen) atoms. The maximum atomic E-state index is 6.15. The SMILES string of the molecule is Clc1cc(CN(CCNCCCON(Cc2cc(Cl)nc(Cl)c2)Cc2cc(Cl)nc(Cl)c2)Cc2cc(Cl)nc(Cl)c2)cc(Cl)n1. The molecular formula is C29H27Cl8N7O. The lowest BCUT2D eigenvalue weighted by Gasteiger charge is -2.24. The van der Waals surface area contributed by atoms with Crippen molar-refractivity contribution in [3.8, 4) is 0 Å². The van der Waals surface area contributed by atoms with E-state index in [1.165, 1.54) is 0 Å². The van der Waals surface area contributed by atoms with Gasteiger partial charge in [0.15, 0.2) is 0 Å². The smallest absolute Gasteiger partial charge is 0.131 e. The highest BCUT2D eigenvalue weighted by atomic mass is 35.5. The van der Waals surface area contributed by atoms with Crippen molar-refractivity contribution in [2.75, 3.05) is 26.2 Å². The minimum absolute atomic E-state index is 0.302. The third-order valence-electron chi connectivity index (χ3n) is 6.20. The first-order valence-corrected chi connectivity index (χ1v) is 16.6. The number of nitrogens with one attached hydrogen (secondary N) is 1. The molecule has 0 aromatic carbocycles. The van der Waals surface area contributed by atoms with E-state index >= 15 is 0 Å². The van der Waals surface area contributed by atoms with Gasteiger partial charge in [-0.05, 0) is 83.8 Å². The summed E-state index contributed by atoms with van der Waals surface area (Å²) in [5, 5.41) is 7.83. The fourth-order valence-electron chi connectivity index (χ4n) is 4.46. The van der Waals surface area contributed by atoms with Crippen LogP contribution in [-0.2, 0) is 31.0 Å². The van der Waals surface area contributed by atoms with Crippen LogP contribution >= 0.6 is 92.8 Å². The second-order valence-electron chi connectivity index (χ2n) is 9.93. The fraction of sp³-hybridized carbons (Fsp3) is 0.310. The standard InChI is InChI=1S/C29H27Cl8N7O/c30-22-6-18(7-23(31)39-22)14-43(15-19-8-24(32)40-25(33)9-19)4-3-38-2-1-5-45-44(16-20-10-26(34)41-27(35)11-20)17-21-12-28(36)42-29(37)13-21/h6-13,38H,1-5,14-17H2. The number of hydrogen-bond acceptors (Lipinski definition) is 8. The molecule has 8 nitrogen and oxygen atoms in total. The maximum absolute atomic E-state index is 6.15. The van der Waals surface area contributed by atoms with E-state index in [4.69, 9.17) is 97.6 Å². The first-order valence-electron chi connectivity index (χ1n) is 13.6. The van der Waals surface area contributed by atoms with Gasteiger partial charge in [-0.2, -0.15) is 5.06 Å². The van der Waals surface area contributed by atoms with Crippen molar-refractivity contribution < 1.29 is 4.84 Å². The van der Waals surface area contributed by atoms with E-state index in [1.54, 1.807) is 53.6 Å². The maximum Gasteiger partial charge on any atom is 0.131 e. The lowest BCUT2D eigenvalue weighted by Crippen LogP contribution is -2.32. The highest BCUT2D eigenvalue weighted by Gasteiger charge is 2.13. The fourth-order valence-corrected chi connectivity index (χ4v) is 6.48. The number of pyridine rings is 4. The van der Waals surface area contributed by atoms with Gasteiger partial charge in [-0.15, -0.1) is 0 Å². The second kappa shape index (κ2) is 18.3. The third-order valence-corrected chi connectivity index (χ3v) is 7.75. The van der Waals surface area contributed by atoms with Crippen LogP contribution in [0.2, 0.25) is 41.2 Å². The predicted octanol–water partition coefficient (Wildman–Crippen LogP) is 9.11. The highest BCUT2D eigenvalue weighted by Crippen LogP contribution is 2.22. The molecule has 4 heterocycles. The Kier molecular flexibility index (Phi) is 14.9. The van der Waals surface area contributed by atoms with Gasteiger partial charge in [0.25, 0.3) is 0 Å². The Morgan fingerprint density at radius 1 is 0.489 bits per heavy atom. The summed E-state index contributed by atoms with van der Waals surface area (Å²) in [7, 11) is 0. The molecule has 0 radical (unpaired) electrons. The van der Waals surface area contributed by atoms with Crippen molar-refractivity contribution >= 4 is 92.8 Å². The summed E-state index contributed by atoms with van der Waals surface area (Å²) in [4.78, 5) is 24.5. The zero-order valence-electron chi connectivity index (χ0n) is 23.6. The van der Waals surface area contributed by atoms with Gasteiger partial charge in [-0.25, -0.2) is 19.9 Å². The molecule has 4 rings (SSSR count). The minimum atomic E-state index is 0.302. The normalized spacial score (nSPS) is 11.6. The second-order valence-corrected chi connectivity index (χ2v) is 13.0. The quantitative estimate of drug-likeness (QED) is 0.0687. The summed E-state index contributed by atoms with van der Waals surface area (Å²) in [5.41, 5.74) is 3.57. The van der Waals surface area contributed by atoms with Crippen molar-refractivity contribution in [2.24, 2.45) is 0 Å². The van der Waals surface area contributed by atoms with Crippen LogP contribution in [0.1, 0.15) is 28.7 Å². The number of aromatic nitrogens is 4. The molecule has 4 aromatic rings. The van der Waals surface area contributed by atoms with Gasteiger partial charge in [-0.1, -0.05) is 92.8 Å². The summed E-state index contributed by atoms with van der Waals surface area (Å²) < 4.78 is 0. The van der Waals surface area contributed by atoms with Gasteiger partial charge in [0.2, 0.25) is 0 Å². The van der Waals surface area contributed by atoms with Crippen LogP contribution in [0.4, 0.5) is 0 Å². The topological polar surface area (TPSA) is 79.3 Å². The average Bonchev–Trinajstić information content (AvgIpc) is 2.90. The molecule has 0 aliphatic rings. The van der Waals surface area contributed by atoms with Crippen molar-refractivity contribution in [3.63, 3.8) is 0 Å². The molecule has 240 valence electrons. The van der Waals surface area contributed by atoms with E-state index in [0.29, 0.717) is 80.6 Å². The van der Waals surface area contributed by atoms with Gasteiger partial charge >= 0.3 is 0 Å². The summed E-state index contributed by atoms with van der Waals surface area (Å²) >= 11 is 49.0. The number of nitrogens with zero attached hydrogens (tertiary/aromatic N) is 6. The molecule has 0 bridgehead atoms. The molecule has 16 heteroatoms. The van der Waals surface area contributed by atoms with Gasteiger partial charge in [0, 0.05) is 39.3 Å². The van der Waals surface area contributed by atoms with Crippen LogP contribution in [0.5, 0.6) is 0 Å². The molecule has 0 atom stereocenters. The minimum Gasteiger partial charge on any atom is -0.315 e. The van der Waals surface area contributed by atoms with E-state index < -0.39 is 0 Å². The van der Waals surface area contributed by atoms with Crippen LogP contribution in [0.3, 0.4) is 0 Å². The number of rotatable bonds is 16. The third kappa shape index (κ3) is 13.4. The molecule has 0 saturated heterocycles. The Morgan fingerprint density at radius 3 is 1.18 bits per heavy atom. The van der Waals surface area contributed by atoms with E-state index in [2.05, 4.69) is 30.2 Å². The summed E-state index contributed by atoms with van der Waals surface area (Å²) in [6.07, 6.45) is 0.747. The molecule has 0 spiro atoms. The summed E-state index contributed by atoms with van der Waals surface area (Å²) in [5.74, 6) is 0. The Labute approximate surface area is 301 Å². The molecule has 0 amide bonds. The molecule has 0 aliphatic heterocycles. The number of hydrogen-bond donors (Lipinski definition) is 1. The first-order chi connectivity index (χ1) is 21.5. The molecule has 0 saturated carbocycles. The van der Waals surface area contributed by atoms with Crippen LogP contribution in [0.25, 0.3) is 0 Å². The molecular weight excluding hydrogens is 746 g/mol. The molecule has 1 N–H and O–H groups in total. The lowest BCUT2D eigenvalue weighted by molar-refractivity contribution is -0.174. The van der Waals surface area contributed by atoms with E-state index in [0.717, 1.165) is 41.8 Å². The number of hydroxylamine groups is 2. The Balaban J connectivity index is 1.30. The van der Waals surface area contributed by atoms with E-state index in [1.807, 2.05) is 0 Å². The van der Waals surface area contributed by atoms with Gasteiger partial charge < -0.3 is 5.32 Å². The first kappa shape index (κ1) is 36.6. The predicted molar refractivity (Wildman–Crippen MR) is 184 cm³/mol. The van der Waals surface area contributed by atoms with Crippen LogP contribution in [0.15, 0.2) is 48.5 Å². The van der Waals surface area contributed by atoms with Crippen LogP contribution < -0.4 is 5.32 Å². The zero-order valence-corrected chi connectivity index (χ0v) is 29.6. The molecule has 0 fully saturated rings. The molecule has 0 aliphatic carbocycles. The van der Waals surface area contributed by atoms with Crippen molar-refractivity contribution in [2.45, 2.75) is 32.6 Å². The summed E-state index contributed by atoms with van der Waals surface area (Å²) in [6, 6.07) is 14.2. The van der Waals surface area contributed by atoms with Crippen molar-refractivity contribution in [1.29, 1.82) is 0 Å². The van der Waals surface area contributed by atoms with Gasteiger partial charge in [0.05, 0.1) is 6.61 Å². The molecule has 4 aromatic heterocycles. The van der Waals surface area contributed by atoms with Crippen molar-refractivity contribution in [3.05, 3.63) is 112 Å². The van der Waals surface area contributed by atoms with Crippen LogP contribution in [-0.4, -0.2) is 56.1 Å². The largest absolute Gasteiger partial charge is 0.315 e. The van der Waals surface area contributed by atoms with Gasteiger partial charge in [-0.3, -0.25) is 9.74 Å². The monoisotopic (exact) mass is 769 g/mol. The Bertz CT molecular complexity index is 1280. The number of halogens is 8. The highest BCUT2D eigenvalue weighted by molar-refractivity contribution is 6.34. The van der Waals surface area contributed by atoms with Gasteiger partial charge in [0.1, 0.15) is 41.2 Å². The van der Waals surface area contributed by atoms with Crippen LogP contribution in [0, 0.1) is 0 Å². The summed E-state index contributed by atoms with van der Waals surface area (Å²) in [6.45, 7) is 4.61. The lowest BCUT2D eigenvalue weighted by atomic mass is 10.2. The Hall–Kier alpha value is -1.24. The molecule has 0 unspecified atom stereocenters. The van der Waals surface area contributed by atoms with Crippen molar-refractivity contribution in [1.82, 2.24) is 35.2 Å². The van der Waals surface area contributed by atoms with E-state index in [9.17, 15) is 0 Å². The zero-order chi connectivity index (χ0) is 32.3. The Morgan fingerprint density at radius 2 is 0.822 bits per heavy atom. The van der Waals surface area contributed by atoms with E-state index in [-0.39, 0.29) is 0 Å². The average molecular weight is 773 g/mol.